The maximum atomic E-state index is 13.5. The number of pyridine rings is 2. The fourth-order valence-electron chi connectivity index (χ4n) is 10.4. The van der Waals surface area contributed by atoms with Crippen molar-refractivity contribution in [2.75, 3.05) is 106 Å². The molecule has 1 atom stereocenters. The van der Waals surface area contributed by atoms with E-state index in [9.17, 15) is 29.2 Å². The summed E-state index contributed by atoms with van der Waals surface area (Å²) < 4.78 is 30.9. The standard InChI is InChI=1S/C31H35FN8O2S.C25H26FN7S/c1-4-25-30(36(3)31-34-29(27(17-33)43-31)21-5-7-22(32)8-6-21)26-16-23(15-20(2)40(26)35-25)38-13-11-37(12-14-38)19-28(42)39-10-9-24(41)18-39;1-4-20-24(21-14-19(13-16(2)33(21)30-20)32-11-9-28-10-12-32)31(3)25-29-23(22(15-27)34-25)17-5-7-18(26)8-6-17/h5-8,15-16,24,41H,4,9-14,18-19H2,1-3H3;5-8,13-14,28H,4,9-12H2,1-3H3/t24-;/m0./s1. The summed E-state index contributed by atoms with van der Waals surface area (Å²) in [7, 11) is 3.92. The van der Waals surface area contributed by atoms with Crippen molar-refractivity contribution in [3.8, 4) is 34.7 Å². The SMILES string of the molecule is CCc1nn2c(C)cc(N3CCN(CC(=O)N4CC[C@H](O)C4)CC3)cc2c1N(C)c1nc(-c2ccc(F)cc2)c(C#N)s1.CCc1nn2c(C)cc(N3CCNCC3)cc2c1N(C)c1nc(-c2ccc(F)cc2)c(C#N)s1. The van der Waals surface area contributed by atoms with Gasteiger partial charge in [0, 0.05) is 113 Å². The van der Waals surface area contributed by atoms with E-state index in [0.717, 1.165) is 122 Å². The number of aromatic nitrogens is 6. The van der Waals surface area contributed by atoms with E-state index in [1.54, 1.807) is 29.2 Å². The number of piperazine rings is 2. The van der Waals surface area contributed by atoms with Crippen molar-refractivity contribution in [2.45, 2.75) is 53.1 Å². The second kappa shape index (κ2) is 22.6. The van der Waals surface area contributed by atoms with E-state index >= 15 is 0 Å². The van der Waals surface area contributed by atoms with Gasteiger partial charge in [-0.2, -0.15) is 20.7 Å². The number of thiazole rings is 2. The van der Waals surface area contributed by atoms with Crippen LogP contribution in [0.25, 0.3) is 33.5 Å². The Kier molecular flexibility index (Phi) is 15.5. The van der Waals surface area contributed by atoms with Gasteiger partial charge in [-0.05, 0) is 106 Å². The number of hydrogen-bond donors (Lipinski definition) is 2. The second-order valence-electron chi connectivity index (χ2n) is 19.6. The number of carbonyl (C=O) groups excluding carboxylic acids is 1. The second-order valence-corrected chi connectivity index (χ2v) is 21.5. The van der Waals surface area contributed by atoms with Crippen molar-refractivity contribution in [1.29, 1.82) is 10.5 Å². The summed E-state index contributed by atoms with van der Waals surface area (Å²) >= 11 is 2.64. The predicted molar refractivity (Wildman–Crippen MR) is 300 cm³/mol. The molecule has 21 heteroatoms. The van der Waals surface area contributed by atoms with Crippen molar-refractivity contribution >= 4 is 72.6 Å². The van der Waals surface area contributed by atoms with Crippen LogP contribution in [0.3, 0.4) is 0 Å². The van der Waals surface area contributed by atoms with Gasteiger partial charge in [0.05, 0.1) is 46.4 Å². The van der Waals surface area contributed by atoms with Crippen molar-refractivity contribution in [1.82, 2.24) is 44.3 Å². The number of aliphatic hydroxyl groups is 1. The topological polar surface area (TPSA) is 177 Å². The Labute approximate surface area is 454 Å². The molecule has 1 amide bonds. The average molecular weight is 1080 g/mol. The molecule has 8 aromatic rings. The fraction of sp³-hybridized carbons (Fsp3) is 0.375. The van der Waals surface area contributed by atoms with Gasteiger partial charge in [-0.1, -0.05) is 36.5 Å². The van der Waals surface area contributed by atoms with Gasteiger partial charge in [-0.3, -0.25) is 9.69 Å². The van der Waals surface area contributed by atoms with Gasteiger partial charge in [0.1, 0.15) is 44.9 Å². The quantitative estimate of drug-likeness (QED) is 0.119. The number of likely N-dealkylation sites (tertiary alicyclic amines) is 1. The lowest BCUT2D eigenvalue weighted by molar-refractivity contribution is -0.131. The molecule has 3 aliphatic rings. The minimum absolute atomic E-state index is 0.0885. The van der Waals surface area contributed by atoms with Gasteiger partial charge in [-0.15, -0.1) is 0 Å². The van der Waals surface area contributed by atoms with Crippen LogP contribution in [0.5, 0.6) is 0 Å². The molecule has 3 saturated heterocycles. The van der Waals surface area contributed by atoms with Crippen molar-refractivity contribution < 1.29 is 18.7 Å². The van der Waals surface area contributed by atoms with Crippen LogP contribution in [0.1, 0.15) is 52.8 Å². The number of aliphatic hydroxyl groups excluding tert-OH is 1. The first-order valence-corrected chi connectivity index (χ1v) is 27.6. The number of nitrogens with zero attached hydrogens (tertiary/aromatic N) is 14. The summed E-state index contributed by atoms with van der Waals surface area (Å²) in [6, 6.07) is 25.4. The van der Waals surface area contributed by atoms with E-state index in [0.29, 0.717) is 63.0 Å². The maximum Gasteiger partial charge on any atom is 0.236 e. The molecule has 398 valence electrons. The van der Waals surface area contributed by atoms with Gasteiger partial charge < -0.3 is 34.9 Å². The first-order chi connectivity index (χ1) is 37.2. The van der Waals surface area contributed by atoms with Crippen molar-refractivity contribution in [3.63, 3.8) is 0 Å². The van der Waals surface area contributed by atoms with E-state index in [-0.39, 0.29) is 17.5 Å². The third-order valence-electron chi connectivity index (χ3n) is 14.6. The highest BCUT2D eigenvalue weighted by atomic mass is 32.1. The Morgan fingerprint density at radius 2 is 1.16 bits per heavy atom. The lowest BCUT2D eigenvalue weighted by Gasteiger charge is -2.36. The Morgan fingerprint density at radius 1 is 0.701 bits per heavy atom. The first-order valence-electron chi connectivity index (χ1n) is 26.0. The molecule has 2 N–H and O–H groups in total. The molecular formula is C56H61F2N15O2S2. The van der Waals surface area contributed by atoms with Crippen LogP contribution in [0.15, 0.2) is 72.8 Å². The van der Waals surface area contributed by atoms with E-state index in [1.807, 2.05) is 32.9 Å². The highest BCUT2D eigenvalue weighted by Crippen LogP contribution is 2.41. The van der Waals surface area contributed by atoms with E-state index < -0.39 is 6.10 Å². The Hall–Kier alpha value is -7.53. The number of halogens is 2. The van der Waals surface area contributed by atoms with Gasteiger partial charge in [0.15, 0.2) is 10.3 Å². The number of fused-ring (bicyclic) bond motifs is 2. The Bertz CT molecular complexity index is 3530. The molecule has 6 aromatic heterocycles. The molecule has 3 aliphatic heterocycles. The summed E-state index contributed by atoms with van der Waals surface area (Å²) in [4.78, 5) is 36.0. The minimum atomic E-state index is -0.402. The third-order valence-corrected chi connectivity index (χ3v) is 16.6. The number of β-amino-alcohol motifs (C(OH)–C–C–N with tert-alkyl or cyclic N) is 1. The number of aryl methyl sites for hydroxylation is 4. The molecule has 9 heterocycles. The molecular weight excluding hydrogens is 1020 g/mol. The van der Waals surface area contributed by atoms with E-state index in [1.165, 1.54) is 52.6 Å². The lowest BCUT2D eigenvalue weighted by atomic mass is 10.1. The zero-order valence-electron chi connectivity index (χ0n) is 44.1. The molecule has 17 nitrogen and oxygen atoms in total. The van der Waals surface area contributed by atoms with Gasteiger partial charge in [-0.25, -0.2) is 27.8 Å². The summed E-state index contributed by atoms with van der Waals surface area (Å²) in [6.45, 7) is 16.8. The molecule has 3 fully saturated rings. The molecule has 0 saturated carbocycles. The molecule has 77 heavy (non-hydrogen) atoms. The number of amides is 1. The Balaban J connectivity index is 0.000000179. The summed E-state index contributed by atoms with van der Waals surface area (Å²) in [5.41, 5.74) is 12.7. The number of rotatable bonds is 12. The molecule has 0 aliphatic carbocycles. The average Bonchev–Trinajstić information content (AvgIpc) is 4.40. The largest absolute Gasteiger partial charge is 0.391 e. The van der Waals surface area contributed by atoms with Crippen LogP contribution < -0.4 is 24.9 Å². The summed E-state index contributed by atoms with van der Waals surface area (Å²) in [5.74, 6) is -0.562. The van der Waals surface area contributed by atoms with Crippen LogP contribution in [0.4, 0.5) is 41.8 Å². The zero-order chi connectivity index (χ0) is 54.1. The van der Waals surface area contributed by atoms with Gasteiger partial charge in [0.25, 0.3) is 0 Å². The number of carbonyl (C=O) groups is 1. The van der Waals surface area contributed by atoms with Gasteiger partial charge >= 0.3 is 0 Å². The number of nitrogens with one attached hydrogen (secondary N) is 1. The fourth-order valence-corrected chi connectivity index (χ4v) is 12.1. The Morgan fingerprint density at radius 3 is 1.57 bits per heavy atom. The van der Waals surface area contributed by atoms with Crippen LogP contribution >= 0.6 is 22.7 Å². The zero-order valence-corrected chi connectivity index (χ0v) is 45.7. The number of benzene rings is 2. The number of nitriles is 2. The molecule has 11 rings (SSSR count). The minimum Gasteiger partial charge on any atom is -0.391 e. The van der Waals surface area contributed by atoms with Crippen molar-refractivity contribution in [3.05, 3.63) is 117 Å². The number of hydrogen-bond acceptors (Lipinski definition) is 16. The molecule has 2 aromatic carbocycles. The predicted octanol–water partition coefficient (Wildman–Crippen LogP) is 8.34. The molecule has 0 spiro atoms. The summed E-state index contributed by atoms with van der Waals surface area (Å²) in [6.07, 6.45) is 1.74. The van der Waals surface area contributed by atoms with Crippen LogP contribution in [-0.2, 0) is 17.6 Å². The smallest absolute Gasteiger partial charge is 0.236 e. The molecule has 0 bridgehead atoms. The molecule has 0 radical (unpaired) electrons. The van der Waals surface area contributed by atoms with E-state index in [2.05, 4.69) is 84.1 Å². The highest BCUT2D eigenvalue weighted by molar-refractivity contribution is 7.17. The monoisotopic (exact) mass is 1080 g/mol. The van der Waals surface area contributed by atoms with Crippen molar-refractivity contribution in [2.24, 2.45) is 0 Å². The summed E-state index contributed by atoms with van der Waals surface area (Å²) in [5, 5.41) is 44.0. The maximum absolute atomic E-state index is 13.5. The van der Waals surface area contributed by atoms with Gasteiger partial charge in [0.2, 0.25) is 5.91 Å². The van der Waals surface area contributed by atoms with Crippen LogP contribution in [-0.4, -0.2) is 142 Å². The third kappa shape index (κ3) is 10.8. The first kappa shape index (κ1) is 52.9. The lowest BCUT2D eigenvalue weighted by Crippen LogP contribution is -2.50. The highest BCUT2D eigenvalue weighted by Gasteiger charge is 2.29. The molecule has 0 unspecified atom stereocenters. The van der Waals surface area contributed by atoms with Crippen LogP contribution in [0, 0.1) is 48.1 Å². The number of anilines is 6. The van der Waals surface area contributed by atoms with E-state index in [4.69, 9.17) is 20.2 Å². The van der Waals surface area contributed by atoms with Crippen LogP contribution in [0.2, 0.25) is 0 Å². The normalized spacial score (nSPS) is 15.9.